The van der Waals surface area contributed by atoms with E-state index in [1.807, 2.05) is 26.8 Å². The molecule has 1 amide bonds. The van der Waals surface area contributed by atoms with Crippen LogP contribution >= 0.6 is 11.3 Å². The number of carbonyl (C=O) groups excluding carboxylic acids is 2. The Hall–Kier alpha value is -3.00. The van der Waals surface area contributed by atoms with E-state index in [1.54, 1.807) is 29.8 Å². The van der Waals surface area contributed by atoms with E-state index >= 15 is 0 Å². The smallest absolute Gasteiger partial charge is 0.329 e. The molecule has 0 unspecified atom stereocenters. The van der Waals surface area contributed by atoms with Crippen LogP contribution < -0.4 is 10.9 Å². The van der Waals surface area contributed by atoms with E-state index in [4.69, 9.17) is 4.74 Å². The first kappa shape index (κ1) is 19.8. The molecule has 0 aliphatic heterocycles. The lowest BCUT2D eigenvalue weighted by Gasteiger charge is -2.20. The first-order valence-electron chi connectivity index (χ1n) is 8.85. The molecular weight excluding hydrogens is 378 g/mol. The van der Waals surface area contributed by atoms with Gasteiger partial charge in [-0.3, -0.25) is 14.0 Å². The quantitative estimate of drug-likeness (QED) is 0.644. The van der Waals surface area contributed by atoms with Crippen molar-refractivity contribution in [2.24, 2.45) is 5.92 Å². The molecule has 1 N–H and O–H groups in total. The third-order valence-corrected chi connectivity index (χ3v) is 5.12. The maximum atomic E-state index is 12.5. The second-order valence-corrected chi connectivity index (χ2v) is 7.70. The molecular formula is C20H21N3O4S. The standard InChI is InChI=1S/C20H21N3O4S/c1-12(2)17(22-19(25)15-7-5-9-28-15)20(26)27-11-14-10-16(24)23-8-4-6-13(3)18(23)21-14/h4-10,12,17H,11H2,1-3H3,(H,22,25)/t17-/m0/s1. The molecule has 0 fully saturated rings. The molecule has 0 saturated heterocycles. The number of nitrogens with zero attached hydrogens (tertiary/aromatic N) is 2. The van der Waals surface area contributed by atoms with E-state index in [0.717, 1.165) is 5.56 Å². The average Bonchev–Trinajstić information content (AvgIpc) is 3.19. The van der Waals surface area contributed by atoms with E-state index in [0.29, 0.717) is 16.2 Å². The van der Waals surface area contributed by atoms with Crippen LogP contribution in [0, 0.1) is 12.8 Å². The number of carbonyl (C=O) groups is 2. The van der Waals surface area contributed by atoms with Crippen LogP contribution in [0.3, 0.4) is 0 Å². The molecule has 7 nitrogen and oxygen atoms in total. The van der Waals surface area contributed by atoms with Crippen molar-refractivity contribution in [3.63, 3.8) is 0 Å². The van der Waals surface area contributed by atoms with E-state index < -0.39 is 12.0 Å². The Kier molecular flexibility index (Phi) is 5.89. The van der Waals surface area contributed by atoms with Crippen molar-refractivity contribution in [3.8, 4) is 0 Å². The molecule has 3 rings (SSSR count). The summed E-state index contributed by atoms with van der Waals surface area (Å²) in [4.78, 5) is 42.0. The molecule has 0 aliphatic rings. The van der Waals surface area contributed by atoms with Gasteiger partial charge in [0.05, 0.1) is 10.6 Å². The van der Waals surface area contributed by atoms with Gasteiger partial charge in [-0.2, -0.15) is 0 Å². The number of hydrogen-bond acceptors (Lipinski definition) is 6. The predicted octanol–water partition coefficient (Wildman–Crippen LogP) is 2.56. The van der Waals surface area contributed by atoms with Gasteiger partial charge in [-0.15, -0.1) is 11.3 Å². The molecule has 8 heteroatoms. The first-order chi connectivity index (χ1) is 13.4. The molecule has 0 bridgehead atoms. The lowest BCUT2D eigenvalue weighted by Crippen LogP contribution is -2.45. The Morgan fingerprint density at radius 1 is 1.29 bits per heavy atom. The lowest BCUT2D eigenvalue weighted by molar-refractivity contribution is -0.148. The number of pyridine rings is 1. The summed E-state index contributed by atoms with van der Waals surface area (Å²) in [6.07, 6.45) is 1.64. The zero-order valence-electron chi connectivity index (χ0n) is 15.8. The summed E-state index contributed by atoms with van der Waals surface area (Å²) in [5.74, 6) is -1.04. The predicted molar refractivity (Wildman–Crippen MR) is 106 cm³/mol. The molecule has 0 spiro atoms. The maximum absolute atomic E-state index is 12.5. The fourth-order valence-electron chi connectivity index (χ4n) is 2.74. The highest BCUT2D eigenvalue weighted by Gasteiger charge is 2.26. The normalized spacial score (nSPS) is 12.1. The van der Waals surface area contributed by atoms with Crippen LogP contribution in [0.4, 0.5) is 0 Å². The molecule has 0 aliphatic carbocycles. The van der Waals surface area contributed by atoms with E-state index in [2.05, 4.69) is 10.3 Å². The highest BCUT2D eigenvalue weighted by molar-refractivity contribution is 7.12. The number of amides is 1. The van der Waals surface area contributed by atoms with Gasteiger partial charge in [0.2, 0.25) is 0 Å². The Morgan fingerprint density at radius 2 is 2.07 bits per heavy atom. The number of thiophene rings is 1. The van der Waals surface area contributed by atoms with Crippen LogP contribution in [0.5, 0.6) is 0 Å². The largest absolute Gasteiger partial charge is 0.458 e. The topological polar surface area (TPSA) is 89.8 Å². The second-order valence-electron chi connectivity index (χ2n) is 6.75. The monoisotopic (exact) mass is 399 g/mol. The Morgan fingerprint density at radius 3 is 2.75 bits per heavy atom. The van der Waals surface area contributed by atoms with Crippen molar-refractivity contribution in [3.05, 3.63) is 68.4 Å². The average molecular weight is 399 g/mol. The van der Waals surface area contributed by atoms with Gasteiger partial charge in [0, 0.05) is 12.3 Å². The number of esters is 1. The number of ether oxygens (including phenoxy) is 1. The van der Waals surface area contributed by atoms with Crippen LogP contribution in [-0.4, -0.2) is 27.3 Å². The summed E-state index contributed by atoms with van der Waals surface area (Å²) in [5.41, 5.74) is 1.48. The van der Waals surface area contributed by atoms with Gasteiger partial charge in [-0.25, -0.2) is 9.78 Å². The Labute approximate surface area is 166 Å². The maximum Gasteiger partial charge on any atom is 0.329 e. The number of aryl methyl sites for hydroxylation is 1. The van der Waals surface area contributed by atoms with Crippen molar-refractivity contribution in [2.75, 3.05) is 0 Å². The molecule has 3 heterocycles. The van der Waals surface area contributed by atoms with Crippen molar-refractivity contribution < 1.29 is 14.3 Å². The van der Waals surface area contributed by atoms with Crippen LogP contribution in [0.15, 0.2) is 46.7 Å². The van der Waals surface area contributed by atoms with Gasteiger partial charge >= 0.3 is 5.97 Å². The SMILES string of the molecule is Cc1cccn2c(=O)cc(COC(=O)[C@@H](NC(=O)c3cccs3)C(C)C)nc12. The zero-order valence-corrected chi connectivity index (χ0v) is 16.7. The minimum Gasteiger partial charge on any atom is -0.458 e. The van der Waals surface area contributed by atoms with Gasteiger partial charge in [-0.05, 0) is 35.9 Å². The second kappa shape index (κ2) is 8.35. The lowest BCUT2D eigenvalue weighted by atomic mass is 10.0. The molecule has 28 heavy (non-hydrogen) atoms. The molecule has 146 valence electrons. The summed E-state index contributed by atoms with van der Waals surface area (Å²) >= 11 is 1.30. The summed E-state index contributed by atoms with van der Waals surface area (Å²) in [6.45, 7) is 5.36. The van der Waals surface area contributed by atoms with E-state index in [1.165, 1.54) is 21.8 Å². The summed E-state index contributed by atoms with van der Waals surface area (Å²) in [5, 5.41) is 4.51. The van der Waals surface area contributed by atoms with Crippen molar-refractivity contribution in [2.45, 2.75) is 33.4 Å². The van der Waals surface area contributed by atoms with Crippen molar-refractivity contribution in [1.82, 2.24) is 14.7 Å². The van der Waals surface area contributed by atoms with Crippen LogP contribution in [0.25, 0.3) is 5.65 Å². The van der Waals surface area contributed by atoms with Crippen molar-refractivity contribution >= 4 is 28.9 Å². The van der Waals surface area contributed by atoms with E-state index in [9.17, 15) is 14.4 Å². The van der Waals surface area contributed by atoms with Crippen molar-refractivity contribution in [1.29, 1.82) is 0 Å². The zero-order chi connectivity index (χ0) is 20.3. The minimum atomic E-state index is -0.794. The minimum absolute atomic E-state index is 0.142. The Bertz CT molecular complexity index is 1060. The molecule has 0 aromatic carbocycles. The van der Waals surface area contributed by atoms with Crippen LogP contribution in [0.2, 0.25) is 0 Å². The Balaban J connectivity index is 1.72. The number of aromatic nitrogens is 2. The van der Waals surface area contributed by atoms with Gasteiger partial charge < -0.3 is 10.1 Å². The number of hydrogen-bond donors (Lipinski definition) is 1. The third-order valence-electron chi connectivity index (χ3n) is 4.25. The number of nitrogens with one attached hydrogen (secondary N) is 1. The van der Waals surface area contributed by atoms with E-state index in [-0.39, 0.29) is 24.0 Å². The summed E-state index contributed by atoms with van der Waals surface area (Å²) in [6, 6.07) is 7.64. The molecule has 3 aromatic heterocycles. The first-order valence-corrected chi connectivity index (χ1v) is 9.73. The fraction of sp³-hybridized carbons (Fsp3) is 0.300. The summed E-state index contributed by atoms with van der Waals surface area (Å²) < 4.78 is 6.80. The summed E-state index contributed by atoms with van der Waals surface area (Å²) in [7, 11) is 0. The number of rotatable bonds is 6. The highest BCUT2D eigenvalue weighted by atomic mass is 32.1. The fourth-order valence-corrected chi connectivity index (χ4v) is 3.36. The van der Waals surface area contributed by atoms with Gasteiger partial charge in [0.1, 0.15) is 18.3 Å². The highest BCUT2D eigenvalue weighted by Crippen LogP contribution is 2.12. The van der Waals surface area contributed by atoms with Gasteiger partial charge in [0.15, 0.2) is 0 Å². The molecule has 0 saturated carbocycles. The molecule has 3 aromatic rings. The van der Waals surface area contributed by atoms with Gasteiger partial charge in [0.25, 0.3) is 11.5 Å². The van der Waals surface area contributed by atoms with Crippen LogP contribution in [-0.2, 0) is 16.1 Å². The molecule has 0 radical (unpaired) electrons. The van der Waals surface area contributed by atoms with Crippen LogP contribution in [0.1, 0.15) is 34.8 Å². The van der Waals surface area contributed by atoms with Gasteiger partial charge in [-0.1, -0.05) is 26.0 Å². The number of fused-ring (bicyclic) bond motifs is 1. The molecule has 1 atom stereocenters. The third kappa shape index (κ3) is 4.28.